The van der Waals surface area contributed by atoms with Crippen LogP contribution in [-0.2, 0) is 14.3 Å². The molecule has 2 unspecified atom stereocenters. The van der Waals surface area contributed by atoms with Gasteiger partial charge in [0, 0.05) is 12.2 Å². The van der Waals surface area contributed by atoms with E-state index >= 15 is 0 Å². The van der Waals surface area contributed by atoms with Crippen LogP contribution < -0.4 is 10.6 Å². The van der Waals surface area contributed by atoms with Gasteiger partial charge in [0.25, 0.3) is 5.91 Å². The predicted octanol–water partition coefficient (Wildman–Crippen LogP) is 7.80. The van der Waals surface area contributed by atoms with E-state index in [1.165, 1.54) is 6.42 Å². The number of alkyl carbamates (subject to hydrolysis) is 1. The van der Waals surface area contributed by atoms with Gasteiger partial charge >= 0.3 is 6.09 Å². The number of hydrogen-bond donors (Lipinski definition) is 2. The number of rotatable bonds is 15. The van der Waals surface area contributed by atoms with Gasteiger partial charge in [0.15, 0.2) is 0 Å². The first kappa shape index (κ1) is 33.9. The number of anilines is 1. The number of ether oxygens (including phenoxy) is 1. The molecule has 0 aromatic heterocycles. The molecule has 2 N–H and O–H groups in total. The molecule has 0 aliphatic rings. The maximum Gasteiger partial charge on any atom is 0.408 e. The molecule has 0 aliphatic heterocycles. The number of carbonyl (C=O) groups is 3. The monoisotopic (exact) mass is 565 g/mol. The highest BCUT2D eigenvalue weighted by Gasteiger charge is 2.36. The summed E-state index contributed by atoms with van der Waals surface area (Å²) in [6, 6.07) is 15.3. The molecule has 2 atom stereocenters. The Balaban J connectivity index is 2.47. The Labute approximate surface area is 247 Å². The third-order valence-electron chi connectivity index (χ3n) is 6.81. The fourth-order valence-corrected chi connectivity index (χ4v) is 4.79. The molecule has 3 amide bonds. The largest absolute Gasteiger partial charge is 0.444 e. The molecule has 7 heteroatoms. The van der Waals surface area contributed by atoms with Crippen molar-refractivity contribution in [2.75, 3.05) is 11.9 Å². The van der Waals surface area contributed by atoms with Gasteiger partial charge in [-0.25, -0.2) is 4.79 Å². The van der Waals surface area contributed by atoms with Crippen LogP contribution in [0.4, 0.5) is 10.5 Å². The Morgan fingerprint density at radius 2 is 1.49 bits per heavy atom. The fourth-order valence-electron chi connectivity index (χ4n) is 4.79. The van der Waals surface area contributed by atoms with Gasteiger partial charge in [-0.15, -0.1) is 0 Å². The molecular weight excluding hydrogens is 514 g/mol. The van der Waals surface area contributed by atoms with E-state index < -0.39 is 23.8 Å². The van der Waals surface area contributed by atoms with Crippen molar-refractivity contribution < 1.29 is 19.1 Å². The van der Waals surface area contributed by atoms with E-state index in [0.717, 1.165) is 43.2 Å². The standard InChI is InChI=1S/C34H51N3O4/c1-8-9-10-11-12-18-23-37(32(39)29(24-25(2)3)36-33(40)41-34(5,6)7)30(27-20-14-13-15-21-27)31(38)35-28-22-17-16-19-26(28)4/h13-17,19-22,25,29-30H,8-12,18,23-24H2,1-7H3,(H,35,38)(H,36,40). The first-order valence-corrected chi connectivity index (χ1v) is 15.1. The van der Waals surface area contributed by atoms with E-state index in [4.69, 9.17) is 4.74 Å². The smallest absolute Gasteiger partial charge is 0.408 e. The summed E-state index contributed by atoms with van der Waals surface area (Å²) in [5, 5.41) is 5.89. The zero-order valence-corrected chi connectivity index (χ0v) is 26.2. The summed E-state index contributed by atoms with van der Waals surface area (Å²) in [7, 11) is 0. The molecule has 0 saturated carbocycles. The zero-order chi connectivity index (χ0) is 30.4. The molecule has 2 aromatic carbocycles. The van der Waals surface area contributed by atoms with Crippen LogP contribution in [0.25, 0.3) is 0 Å². The van der Waals surface area contributed by atoms with Crippen molar-refractivity contribution >= 4 is 23.6 Å². The molecular formula is C34H51N3O4. The third kappa shape index (κ3) is 12.0. The fraction of sp³-hybridized carbons (Fsp3) is 0.559. The van der Waals surface area contributed by atoms with Gasteiger partial charge in [-0.3, -0.25) is 9.59 Å². The molecule has 0 saturated heterocycles. The summed E-state index contributed by atoms with van der Waals surface area (Å²) >= 11 is 0. The molecule has 0 heterocycles. The second-order valence-corrected chi connectivity index (χ2v) is 12.2. The Morgan fingerprint density at radius 3 is 2.10 bits per heavy atom. The van der Waals surface area contributed by atoms with E-state index in [9.17, 15) is 14.4 Å². The van der Waals surface area contributed by atoms with Crippen LogP contribution in [-0.4, -0.2) is 41.0 Å². The molecule has 0 spiro atoms. The van der Waals surface area contributed by atoms with Crippen molar-refractivity contribution in [2.45, 2.75) is 111 Å². The van der Waals surface area contributed by atoms with Crippen molar-refractivity contribution in [2.24, 2.45) is 5.92 Å². The van der Waals surface area contributed by atoms with Crippen molar-refractivity contribution in [3.05, 3.63) is 65.7 Å². The topological polar surface area (TPSA) is 87.7 Å². The summed E-state index contributed by atoms with van der Waals surface area (Å²) in [4.78, 5) is 42.9. The minimum absolute atomic E-state index is 0.130. The number of amides is 3. The highest BCUT2D eigenvalue weighted by Crippen LogP contribution is 2.27. The number of nitrogens with zero attached hydrogens (tertiary/aromatic N) is 1. The van der Waals surface area contributed by atoms with Crippen LogP contribution in [0, 0.1) is 12.8 Å². The molecule has 0 radical (unpaired) electrons. The number of para-hydroxylation sites is 1. The molecule has 226 valence electrons. The lowest BCUT2D eigenvalue weighted by atomic mass is 9.98. The van der Waals surface area contributed by atoms with Crippen LogP contribution in [0.5, 0.6) is 0 Å². The van der Waals surface area contributed by atoms with Gasteiger partial charge in [-0.1, -0.05) is 101 Å². The summed E-state index contributed by atoms with van der Waals surface area (Å²) in [6.45, 7) is 13.9. The summed E-state index contributed by atoms with van der Waals surface area (Å²) < 4.78 is 5.50. The van der Waals surface area contributed by atoms with Crippen molar-refractivity contribution in [3.63, 3.8) is 0 Å². The van der Waals surface area contributed by atoms with Crippen LogP contribution in [0.15, 0.2) is 54.6 Å². The SMILES string of the molecule is CCCCCCCCN(C(=O)C(CC(C)C)NC(=O)OC(C)(C)C)C(C(=O)Nc1ccccc1C)c1ccccc1. The van der Waals surface area contributed by atoms with Crippen LogP contribution in [0.3, 0.4) is 0 Å². The van der Waals surface area contributed by atoms with Gasteiger partial charge in [0.05, 0.1) is 0 Å². The Morgan fingerprint density at radius 1 is 0.878 bits per heavy atom. The first-order chi connectivity index (χ1) is 19.4. The van der Waals surface area contributed by atoms with E-state index in [0.29, 0.717) is 18.7 Å². The lowest BCUT2D eigenvalue weighted by molar-refractivity contribution is -0.141. The van der Waals surface area contributed by atoms with Gasteiger partial charge < -0.3 is 20.3 Å². The maximum absolute atomic E-state index is 14.4. The molecule has 2 aromatic rings. The second-order valence-electron chi connectivity index (χ2n) is 12.2. The van der Waals surface area contributed by atoms with Gasteiger partial charge in [-0.05, 0) is 63.6 Å². The number of carbonyl (C=O) groups excluding carboxylic acids is 3. The van der Waals surface area contributed by atoms with E-state index in [2.05, 4.69) is 17.6 Å². The zero-order valence-electron chi connectivity index (χ0n) is 26.2. The second kappa shape index (κ2) is 16.8. The minimum Gasteiger partial charge on any atom is -0.444 e. The van der Waals surface area contributed by atoms with Crippen molar-refractivity contribution in [3.8, 4) is 0 Å². The first-order valence-electron chi connectivity index (χ1n) is 15.1. The summed E-state index contributed by atoms with van der Waals surface area (Å²) in [6.07, 6.45) is 6.07. The normalized spacial score (nSPS) is 12.9. The highest BCUT2D eigenvalue weighted by atomic mass is 16.6. The Hall–Kier alpha value is -3.35. The number of hydrogen-bond acceptors (Lipinski definition) is 4. The minimum atomic E-state index is -0.867. The van der Waals surface area contributed by atoms with Gasteiger partial charge in [0.1, 0.15) is 17.7 Å². The maximum atomic E-state index is 14.4. The lowest BCUT2D eigenvalue weighted by Gasteiger charge is -2.35. The summed E-state index contributed by atoms with van der Waals surface area (Å²) in [5.74, 6) is -0.442. The van der Waals surface area contributed by atoms with Crippen molar-refractivity contribution in [1.82, 2.24) is 10.2 Å². The van der Waals surface area contributed by atoms with Gasteiger partial charge in [0.2, 0.25) is 5.91 Å². The average Bonchev–Trinajstić information content (AvgIpc) is 2.89. The lowest BCUT2D eigenvalue weighted by Crippen LogP contribution is -2.53. The Bertz CT molecular complexity index is 1090. The molecule has 41 heavy (non-hydrogen) atoms. The number of unbranched alkanes of at least 4 members (excludes halogenated alkanes) is 5. The van der Waals surface area contributed by atoms with Crippen LogP contribution in [0.2, 0.25) is 0 Å². The van der Waals surface area contributed by atoms with E-state index in [-0.39, 0.29) is 17.7 Å². The van der Waals surface area contributed by atoms with Crippen molar-refractivity contribution in [1.29, 1.82) is 0 Å². The summed E-state index contributed by atoms with van der Waals surface area (Å²) in [5.41, 5.74) is 1.66. The molecule has 2 rings (SSSR count). The molecule has 0 bridgehead atoms. The highest BCUT2D eigenvalue weighted by molar-refractivity contribution is 5.99. The van der Waals surface area contributed by atoms with E-state index in [1.807, 2.05) is 75.4 Å². The van der Waals surface area contributed by atoms with Gasteiger partial charge in [-0.2, -0.15) is 0 Å². The predicted molar refractivity (Wildman–Crippen MR) is 167 cm³/mol. The number of aryl methyl sites for hydroxylation is 1. The van der Waals surface area contributed by atoms with Crippen LogP contribution in [0.1, 0.15) is 104 Å². The molecule has 7 nitrogen and oxygen atoms in total. The molecule has 0 aliphatic carbocycles. The number of benzene rings is 2. The quantitative estimate of drug-likeness (QED) is 0.216. The average molecular weight is 566 g/mol. The Kier molecular flexibility index (Phi) is 13.9. The van der Waals surface area contributed by atoms with Crippen LogP contribution >= 0.6 is 0 Å². The number of nitrogens with one attached hydrogen (secondary N) is 2. The molecule has 0 fully saturated rings. The third-order valence-corrected chi connectivity index (χ3v) is 6.81. The van der Waals surface area contributed by atoms with E-state index in [1.54, 1.807) is 25.7 Å².